The van der Waals surface area contributed by atoms with Crippen molar-refractivity contribution in [3.05, 3.63) is 0 Å². The van der Waals surface area contributed by atoms with Crippen LogP contribution in [0, 0.1) is 10.8 Å². The fraction of sp³-hybridized carbons (Fsp3) is 0.917. The zero-order valence-corrected chi connectivity index (χ0v) is 10.9. The number of hydrogen-bond donors (Lipinski definition) is 1. The molecule has 0 aliphatic heterocycles. The SMILES string of the molecule is CC1(C)C(NC(=O)CCCCCl)C1(C)C. The molecule has 0 aromatic carbocycles. The van der Waals surface area contributed by atoms with Crippen molar-refractivity contribution in [2.75, 3.05) is 5.88 Å². The van der Waals surface area contributed by atoms with Crippen LogP contribution in [0.1, 0.15) is 47.0 Å². The van der Waals surface area contributed by atoms with E-state index in [2.05, 4.69) is 33.0 Å². The van der Waals surface area contributed by atoms with Gasteiger partial charge < -0.3 is 5.32 Å². The molecular formula is C12H22ClNO. The quantitative estimate of drug-likeness (QED) is 0.572. The Balaban J connectivity index is 2.29. The van der Waals surface area contributed by atoms with Crippen molar-refractivity contribution in [3.63, 3.8) is 0 Å². The van der Waals surface area contributed by atoms with Crippen LogP contribution >= 0.6 is 11.6 Å². The summed E-state index contributed by atoms with van der Waals surface area (Å²) in [6, 6.07) is 0.327. The number of alkyl halides is 1. The minimum absolute atomic E-state index is 0.170. The summed E-state index contributed by atoms with van der Waals surface area (Å²) in [4.78, 5) is 11.6. The van der Waals surface area contributed by atoms with Gasteiger partial charge in [0.2, 0.25) is 5.91 Å². The van der Waals surface area contributed by atoms with E-state index in [1.54, 1.807) is 0 Å². The van der Waals surface area contributed by atoms with Gasteiger partial charge in [-0.2, -0.15) is 0 Å². The van der Waals surface area contributed by atoms with Gasteiger partial charge in [-0.1, -0.05) is 27.7 Å². The van der Waals surface area contributed by atoms with Gasteiger partial charge in [0.1, 0.15) is 0 Å². The zero-order valence-electron chi connectivity index (χ0n) is 10.2. The van der Waals surface area contributed by atoms with E-state index >= 15 is 0 Å². The Morgan fingerprint density at radius 1 is 1.20 bits per heavy atom. The molecule has 0 aromatic heterocycles. The number of carbonyl (C=O) groups is 1. The first-order valence-corrected chi connectivity index (χ1v) is 6.23. The highest BCUT2D eigenvalue weighted by molar-refractivity contribution is 6.17. The van der Waals surface area contributed by atoms with Gasteiger partial charge in [-0.05, 0) is 23.7 Å². The standard InChI is InChI=1S/C12H22ClNO/c1-11(2)10(12(11,3)4)14-9(15)7-5-6-8-13/h10H,5-8H2,1-4H3,(H,14,15). The maximum absolute atomic E-state index is 11.6. The lowest BCUT2D eigenvalue weighted by Gasteiger charge is -2.06. The monoisotopic (exact) mass is 231 g/mol. The molecular weight excluding hydrogens is 210 g/mol. The summed E-state index contributed by atoms with van der Waals surface area (Å²) >= 11 is 5.56. The fourth-order valence-corrected chi connectivity index (χ4v) is 2.36. The summed E-state index contributed by atoms with van der Waals surface area (Å²) in [6.45, 7) is 8.82. The Bertz CT molecular complexity index is 234. The minimum atomic E-state index is 0.170. The Morgan fingerprint density at radius 2 is 1.73 bits per heavy atom. The van der Waals surface area contributed by atoms with E-state index < -0.39 is 0 Å². The summed E-state index contributed by atoms with van der Waals surface area (Å²) in [5.74, 6) is 0.817. The zero-order chi connectivity index (χ0) is 11.7. The van der Waals surface area contributed by atoms with Gasteiger partial charge >= 0.3 is 0 Å². The molecule has 3 heteroatoms. The van der Waals surface area contributed by atoms with E-state index in [9.17, 15) is 4.79 Å². The van der Waals surface area contributed by atoms with Crippen molar-refractivity contribution in [2.45, 2.75) is 53.0 Å². The summed E-state index contributed by atoms with van der Waals surface area (Å²) in [5, 5.41) is 3.11. The highest BCUT2D eigenvalue weighted by Crippen LogP contribution is 2.62. The lowest BCUT2D eigenvalue weighted by atomic mass is 10.0. The number of halogens is 1. The lowest BCUT2D eigenvalue weighted by molar-refractivity contribution is -0.121. The average molecular weight is 232 g/mol. The summed E-state index contributed by atoms with van der Waals surface area (Å²) in [7, 11) is 0. The number of hydrogen-bond acceptors (Lipinski definition) is 1. The van der Waals surface area contributed by atoms with Crippen LogP contribution in [0.2, 0.25) is 0 Å². The summed E-state index contributed by atoms with van der Waals surface area (Å²) in [6.07, 6.45) is 2.42. The van der Waals surface area contributed by atoms with Crippen molar-refractivity contribution < 1.29 is 4.79 Å². The molecule has 15 heavy (non-hydrogen) atoms. The molecule has 0 saturated heterocycles. The largest absolute Gasteiger partial charge is 0.352 e. The molecule has 0 heterocycles. The van der Waals surface area contributed by atoms with E-state index in [1.165, 1.54) is 0 Å². The van der Waals surface area contributed by atoms with Gasteiger partial charge in [0.05, 0.1) is 0 Å². The Morgan fingerprint density at radius 3 is 2.13 bits per heavy atom. The van der Waals surface area contributed by atoms with Gasteiger partial charge in [0.15, 0.2) is 0 Å². The van der Waals surface area contributed by atoms with E-state index in [-0.39, 0.29) is 16.7 Å². The second-order valence-electron chi connectivity index (χ2n) is 5.59. The van der Waals surface area contributed by atoms with Crippen LogP contribution in [0.5, 0.6) is 0 Å². The fourth-order valence-electron chi connectivity index (χ4n) is 2.17. The Labute approximate surface area is 97.8 Å². The van der Waals surface area contributed by atoms with Gasteiger partial charge in [0, 0.05) is 18.3 Å². The highest BCUT2D eigenvalue weighted by Gasteiger charge is 2.65. The van der Waals surface area contributed by atoms with Crippen LogP contribution in [0.4, 0.5) is 0 Å². The Kier molecular flexibility index (Phi) is 3.70. The van der Waals surface area contributed by atoms with Gasteiger partial charge in [-0.3, -0.25) is 4.79 Å². The second-order valence-corrected chi connectivity index (χ2v) is 5.97. The number of amides is 1. The number of rotatable bonds is 5. The third kappa shape index (κ3) is 2.47. The van der Waals surface area contributed by atoms with Crippen molar-refractivity contribution in [2.24, 2.45) is 10.8 Å². The lowest BCUT2D eigenvalue weighted by Crippen LogP contribution is -2.29. The smallest absolute Gasteiger partial charge is 0.220 e. The molecule has 0 unspecified atom stereocenters. The molecule has 1 rings (SSSR count). The molecule has 1 amide bonds. The van der Waals surface area contributed by atoms with Crippen LogP contribution in [0.15, 0.2) is 0 Å². The van der Waals surface area contributed by atoms with Crippen molar-refractivity contribution >= 4 is 17.5 Å². The van der Waals surface area contributed by atoms with Crippen LogP contribution in [0.3, 0.4) is 0 Å². The molecule has 1 aliphatic rings. The molecule has 1 N–H and O–H groups in total. The molecule has 0 spiro atoms. The molecule has 88 valence electrons. The second kappa shape index (κ2) is 4.32. The van der Waals surface area contributed by atoms with Crippen molar-refractivity contribution in [1.82, 2.24) is 5.32 Å². The summed E-state index contributed by atoms with van der Waals surface area (Å²) < 4.78 is 0. The van der Waals surface area contributed by atoms with Gasteiger partial charge in [0.25, 0.3) is 0 Å². The molecule has 0 aromatic rings. The van der Waals surface area contributed by atoms with Gasteiger partial charge in [-0.15, -0.1) is 11.6 Å². The number of nitrogens with one attached hydrogen (secondary N) is 1. The molecule has 0 radical (unpaired) electrons. The first kappa shape index (κ1) is 12.8. The third-order valence-electron chi connectivity index (χ3n) is 4.11. The number of carbonyl (C=O) groups excluding carboxylic acids is 1. The topological polar surface area (TPSA) is 29.1 Å². The normalized spacial score (nSPS) is 22.5. The number of unbranched alkanes of at least 4 members (excludes halogenated alkanes) is 1. The first-order valence-electron chi connectivity index (χ1n) is 5.69. The predicted octanol–water partition coefficient (Wildman–Crippen LogP) is 2.95. The molecule has 0 bridgehead atoms. The molecule has 2 nitrogen and oxygen atoms in total. The molecule has 1 aliphatic carbocycles. The van der Waals surface area contributed by atoms with Crippen LogP contribution in [-0.2, 0) is 4.79 Å². The molecule has 1 fully saturated rings. The van der Waals surface area contributed by atoms with Crippen molar-refractivity contribution in [3.8, 4) is 0 Å². The maximum atomic E-state index is 11.6. The van der Waals surface area contributed by atoms with E-state index in [0.29, 0.717) is 18.3 Å². The molecule has 1 saturated carbocycles. The average Bonchev–Trinajstić information content (AvgIpc) is 2.49. The van der Waals surface area contributed by atoms with Gasteiger partial charge in [-0.25, -0.2) is 0 Å². The predicted molar refractivity (Wildman–Crippen MR) is 64.1 cm³/mol. The van der Waals surface area contributed by atoms with Crippen LogP contribution in [-0.4, -0.2) is 17.8 Å². The molecule has 0 atom stereocenters. The highest BCUT2D eigenvalue weighted by atomic mass is 35.5. The third-order valence-corrected chi connectivity index (χ3v) is 4.38. The van der Waals surface area contributed by atoms with E-state index in [0.717, 1.165) is 12.8 Å². The van der Waals surface area contributed by atoms with Crippen molar-refractivity contribution in [1.29, 1.82) is 0 Å². The first-order chi connectivity index (χ1) is 6.84. The van der Waals surface area contributed by atoms with E-state index in [1.807, 2.05) is 0 Å². The van der Waals surface area contributed by atoms with Crippen LogP contribution in [0.25, 0.3) is 0 Å². The van der Waals surface area contributed by atoms with Crippen LogP contribution < -0.4 is 5.32 Å². The summed E-state index contributed by atoms with van der Waals surface area (Å²) in [5.41, 5.74) is 0.463. The van der Waals surface area contributed by atoms with E-state index in [4.69, 9.17) is 11.6 Å². The Hall–Kier alpha value is -0.240. The maximum Gasteiger partial charge on any atom is 0.220 e. The minimum Gasteiger partial charge on any atom is -0.352 e.